The second kappa shape index (κ2) is 4.68. The predicted octanol–water partition coefficient (Wildman–Crippen LogP) is 1.69. The number of carbonyl (C=O) groups is 2. The zero-order valence-electron chi connectivity index (χ0n) is 10.4. The zero-order valence-corrected chi connectivity index (χ0v) is 11.2. The van der Waals surface area contributed by atoms with Gasteiger partial charge in [0, 0.05) is 0 Å². The third kappa shape index (κ3) is 2.38. The second-order valence-electron chi connectivity index (χ2n) is 4.71. The maximum Gasteiger partial charge on any atom is 0.329 e. The molecule has 0 aliphatic heterocycles. The summed E-state index contributed by atoms with van der Waals surface area (Å²) in [5.74, 6) is -1.28. The fourth-order valence-electron chi connectivity index (χ4n) is 1.87. The molecule has 1 aromatic rings. The molecule has 1 aromatic heterocycles. The Morgan fingerprint density at radius 1 is 1.61 bits per heavy atom. The Morgan fingerprint density at radius 3 is 2.72 bits per heavy atom. The minimum absolute atomic E-state index is 0.0394. The van der Waals surface area contributed by atoms with Crippen molar-refractivity contribution in [1.29, 1.82) is 0 Å². The van der Waals surface area contributed by atoms with Crippen LogP contribution >= 0.6 is 11.3 Å². The standard InChI is InChI=1S/C12H16N2O3S/c1-3-9-13-6-8(18-9)10(15)14-12(2,11(16)17)7-4-5-7/h6-7H,3-5H2,1-2H3,(H,14,15)(H,16,17)/t12-/m1/s1. The van der Waals surface area contributed by atoms with Crippen LogP contribution in [0.5, 0.6) is 0 Å². The summed E-state index contributed by atoms with van der Waals surface area (Å²) in [5, 5.41) is 12.8. The molecule has 1 heterocycles. The first-order chi connectivity index (χ1) is 8.47. The molecule has 1 fully saturated rings. The Balaban J connectivity index is 2.12. The number of rotatable bonds is 5. The van der Waals surface area contributed by atoms with E-state index in [1.165, 1.54) is 17.5 Å². The summed E-state index contributed by atoms with van der Waals surface area (Å²) < 4.78 is 0. The van der Waals surface area contributed by atoms with E-state index in [9.17, 15) is 14.7 Å². The summed E-state index contributed by atoms with van der Waals surface area (Å²) in [6, 6.07) is 0. The second-order valence-corrected chi connectivity index (χ2v) is 5.82. The van der Waals surface area contributed by atoms with Crippen molar-refractivity contribution in [3.05, 3.63) is 16.1 Å². The van der Waals surface area contributed by atoms with Crippen molar-refractivity contribution in [2.75, 3.05) is 0 Å². The smallest absolute Gasteiger partial charge is 0.329 e. The molecule has 1 aliphatic rings. The van der Waals surface area contributed by atoms with Crippen LogP contribution in [0.2, 0.25) is 0 Å². The average Bonchev–Trinajstić information content (AvgIpc) is 3.07. The van der Waals surface area contributed by atoms with Crippen molar-refractivity contribution < 1.29 is 14.7 Å². The van der Waals surface area contributed by atoms with Crippen LogP contribution in [-0.4, -0.2) is 27.5 Å². The van der Waals surface area contributed by atoms with Gasteiger partial charge >= 0.3 is 5.97 Å². The third-order valence-corrected chi connectivity index (χ3v) is 4.43. The molecule has 0 aromatic carbocycles. The van der Waals surface area contributed by atoms with Gasteiger partial charge in [-0.05, 0) is 32.1 Å². The number of carboxylic acid groups (broad SMARTS) is 1. The number of aryl methyl sites for hydroxylation is 1. The lowest BCUT2D eigenvalue weighted by atomic mass is 9.96. The Morgan fingerprint density at radius 2 is 2.28 bits per heavy atom. The topological polar surface area (TPSA) is 79.3 Å². The molecule has 0 unspecified atom stereocenters. The highest BCUT2D eigenvalue weighted by Crippen LogP contribution is 2.40. The van der Waals surface area contributed by atoms with Gasteiger partial charge < -0.3 is 10.4 Å². The fraction of sp³-hybridized carbons (Fsp3) is 0.583. The van der Waals surface area contributed by atoms with E-state index >= 15 is 0 Å². The largest absolute Gasteiger partial charge is 0.480 e. The van der Waals surface area contributed by atoms with Crippen LogP contribution in [0.25, 0.3) is 0 Å². The van der Waals surface area contributed by atoms with Crippen LogP contribution < -0.4 is 5.32 Å². The molecule has 98 valence electrons. The lowest BCUT2D eigenvalue weighted by Crippen LogP contribution is -2.53. The lowest BCUT2D eigenvalue weighted by Gasteiger charge is -2.25. The molecule has 0 spiro atoms. The van der Waals surface area contributed by atoms with Crippen molar-refractivity contribution in [2.45, 2.75) is 38.6 Å². The number of aromatic nitrogens is 1. The van der Waals surface area contributed by atoms with Gasteiger partial charge in [-0.15, -0.1) is 11.3 Å². The maximum absolute atomic E-state index is 12.0. The highest BCUT2D eigenvalue weighted by Gasteiger charge is 2.48. The number of thiazole rings is 1. The van der Waals surface area contributed by atoms with E-state index in [2.05, 4.69) is 10.3 Å². The van der Waals surface area contributed by atoms with Gasteiger partial charge in [0.15, 0.2) is 0 Å². The number of nitrogens with zero attached hydrogens (tertiary/aromatic N) is 1. The normalized spacial score (nSPS) is 18.1. The van der Waals surface area contributed by atoms with Crippen molar-refractivity contribution in [1.82, 2.24) is 10.3 Å². The Hall–Kier alpha value is -1.43. The molecule has 1 atom stereocenters. The molecule has 1 amide bonds. The van der Waals surface area contributed by atoms with Gasteiger partial charge in [0.1, 0.15) is 10.4 Å². The molecule has 2 N–H and O–H groups in total. The van der Waals surface area contributed by atoms with Gasteiger partial charge in [-0.3, -0.25) is 4.79 Å². The zero-order chi connectivity index (χ0) is 13.3. The van der Waals surface area contributed by atoms with E-state index < -0.39 is 11.5 Å². The quantitative estimate of drug-likeness (QED) is 0.851. The number of hydrogen-bond donors (Lipinski definition) is 2. The molecular formula is C12H16N2O3S. The molecule has 0 saturated heterocycles. The van der Waals surface area contributed by atoms with Crippen LogP contribution in [0.1, 0.15) is 41.4 Å². The van der Waals surface area contributed by atoms with Gasteiger partial charge in [-0.2, -0.15) is 0 Å². The van der Waals surface area contributed by atoms with E-state index in [0.717, 1.165) is 24.3 Å². The third-order valence-electron chi connectivity index (χ3n) is 3.29. The van der Waals surface area contributed by atoms with Crippen LogP contribution in [0, 0.1) is 5.92 Å². The number of nitrogens with one attached hydrogen (secondary N) is 1. The van der Waals surface area contributed by atoms with Crippen LogP contribution in [0.15, 0.2) is 6.20 Å². The lowest BCUT2D eigenvalue weighted by molar-refractivity contribution is -0.144. The summed E-state index contributed by atoms with van der Waals surface area (Å²) in [7, 11) is 0. The summed E-state index contributed by atoms with van der Waals surface area (Å²) in [5.41, 5.74) is -1.16. The predicted molar refractivity (Wildman–Crippen MR) is 67.7 cm³/mol. The first-order valence-corrected chi connectivity index (χ1v) is 6.79. The van der Waals surface area contributed by atoms with Crippen LogP contribution in [-0.2, 0) is 11.2 Å². The highest BCUT2D eigenvalue weighted by atomic mass is 32.1. The average molecular weight is 268 g/mol. The SMILES string of the molecule is CCc1ncc(C(=O)N[C@@](C)(C(=O)O)C2CC2)s1. The van der Waals surface area contributed by atoms with Gasteiger partial charge in [0.25, 0.3) is 5.91 Å². The highest BCUT2D eigenvalue weighted by molar-refractivity contribution is 7.13. The molecule has 1 aliphatic carbocycles. The van der Waals surface area contributed by atoms with Crippen molar-refractivity contribution in [3.63, 3.8) is 0 Å². The van der Waals surface area contributed by atoms with Crippen molar-refractivity contribution >= 4 is 23.2 Å². The Labute approximate surface area is 109 Å². The molecule has 0 bridgehead atoms. The maximum atomic E-state index is 12.0. The number of carbonyl (C=O) groups excluding carboxylic acids is 1. The van der Waals surface area contributed by atoms with E-state index in [0.29, 0.717) is 4.88 Å². The van der Waals surface area contributed by atoms with Crippen LogP contribution in [0.3, 0.4) is 0 Å². The van der Waals surface area contributed by atoms with Crippen molar-refractivity contribution in [2.24, 2.45) is 5.92 Å². The minimum Gasteiger partial charge on any atom is -0.480 e. The van der Waals surface area contributed by atoms with E-state index in [1.54, 1.807) is 6.92 Å². The van der Waals surface area contributed by atoms with Gasteiger partial charge in [0.05, 0.1) is 11.2 Å². The number of carboxylic acids is 1. The first kappa shape index (κ1) is 13.0. The summed E-state index contributed by atoms with van der Waals surface area (Å²) in [4.78, 5) is 27.9. The molecule has 2 rings (SSSR count). The monoisotopic (exact) mass is 268 g/mol. The van der Waals surface area contributed by atoms with Crippen molar-refractivity contribution in [3.8, 4) is 0 Å². The van der Waals surface area contributed by atoms with Gasteiger partial charge in [0.2, 0.25) is 0 Å². The van der Waals surface area contributed by atoms with E-state index in [1.807, 2.05) is 6.92 Å². The van der Waals surface area contributed by atoms with E-state index in [-0.39, 0.29) is 11.8 Å². The molecule has 1 saturated carbocycles. The summed E-state index contributed by atoms with van der Waals surface area (Å²) in [6.45, 7) is 3.54. The number of amides is 1. The number of aliphatic carboxylic acids is 1. The minimum atomic E-state index is -1.16. The number of hydrogen-bond acceptors (Lipinski definition) is 4. The molecule has 5 nitrogen and oxygen atoms in total. The summed E-state index contributed by atoms with van der Waals surface area (Å²) >= 11 is 1.31. The Kier molecular flexibility index (Phi) is 3.38. The van der Waals surface area contributed by atoms with Gasteiger partial charge in [-0.25, -0.2) is 9.78 Å². The molecule has 6 heteroatoms. The molecule has 0 radical (unpaired) electrons. The molecule has 18 heavy (non-hydrogen) atoms. The van der Waals surface area contributed by atoms with E-state index in [4.69, 9.17) is 0 Å². The van der Waals surface area contributed by atoms with Crippen LogP contribution in [0.4, 0.5) is 0 Å². The first-order valence-electron chi connectivity index (χ1n) is 5.98. The molecular weight excluding hydrogens is 252 g/mol. The van der Waals surface area contributed by atoms with Gasteiger partial charge in [-0.1, -0.05) is 6.92 Å². The fourth-order valence-corrected chi connectivity index (χ4v) is 2.62. The Bertz CT molecular complexity index is 481. The summed E-state index contributed by atoms with van der Waals surface area (Å²) in [6.07, 6.45) is 3.99.